The van der Waals surface area contributed by atoms with E-state index in [1.54, 1.807) is 18.2 Å². The fourth-order valence-electron chi connectivity index (χ4n) is 6.08. The maximum absolute atomic E-state index is 13.7. The number of benzene rings is 3. The van der Waals surface area contributed by atoms with Crippen molar-refractivity contribution >= 4 is 31.9 Å². The largest absolute Gasteiger partial charge is 0.373 e. The van der Waals surface area contributed by atoms with Crippen LogP contribution >= 0.6 is 31.9 Å². The molecule has 0 amide bonds. The molecule has 0 aliphatic carbocycles. The monoisotopic (exact) mass is 739 g/mol. The topological polar surface area (TPSA) is 39.7 Å². The van der Waals surface area contributed by atoms with Gasteiger partial charge in [0.1, 0.15) is 17.5 Å². The third kappa shape index (κ3) is 8.53. The Morgan fingerprint density at radius 3 is 1.68 bits per heavy atom. The Balaban J connectivity index is 0.000000151. The molecule has 0 aromatic heterocycles. The highest BCUT2D eigenvalue weighted by atomic mass is 79.9. The molecule has 3 heterocycles. The van der Waals surface area contributed by atoms with E-state index in [0.29, 0.717) is 25.3 Å². The summed E-state index contributed by atoms with van der Waals surface area (Å²) in [5.41, 5.74) is 5.50. The van der Waals surface area contributed by atoms with Crippen molar-refractivity contribution in [1.29, 1.82) is 0 Å². The summed E-state index contributed by atoms with van der Waals surface area (Å²) < 4.78 is 59.7. The van der Waals surface area contributed by atoms with Crippen LogP contribution < -0.4 is 5.32 Å². The molecule has 0 bridgehead atoms. The van der Waals surface area contributed by atoms with E-state index < -0.39 is 0 Å². The van der Waals surface area contributed by atoms with Crippen LogP contribution in [0.4, 0.5) is 13.2 Å². The van der Waals surface area contributed by atoms with Gasteiger partial charge in [0.25, 0.3) is 0 Å². The highest BCUT2D eigenvalue weighted by Gasteiger charge is 2.27. The van der Waals surface area contributed by atoms with E-state index in [0.717, 1.165) is 88.3 Å². The Morgan fingerprint density at radius 1 is 0.659 bits per heavy atom. The molecule has 0 saturated heterocycles. The first-order valence-electron chi connectivity index (χ1n) is 15.5. The maximum Gasteiger partial charge on any atom is 0.129 e. The van der Waals surface area contributed by atoms with Crippen LogP contribution in [0.1, 0.15) is 91.2 Å². The third-order valence-corrected chi connectivity index (χ3v) is 9.61. The van der Waals surface area contributed by atoms with E-state index >= 15 is 0 Å². The Hall–Kier alpha value is -1.75. The van der Waals surface area contributed by atoms with Crippen molar-refractivity contribution in [3.05, 3.63) is 102 Å². The van der Waals surface area contributed by atoms with Crippen molar-refractivity contribution in [3.63, 3.8) is 0 Å². The summed E-state index contributed by atoms with van der Waals surface area (Å²) in [4.78, 5) is 0. The minimum Gasteiger partial charge on any atom is -0.373 e. The normalized spacial score (nSPS) is 20.2. The SMILES string of the molecule is CCCC1OCCc2c(Br)ccc(F)c21.CCCC1OCCc2cccc(F)c21.CNCC1OCCc2c(Br)ccc(F)c21. The predicted octanol–water partition coefficient (Wildman–Crippen LogP) is 9.66. The van der Waals surface area contributed by atoms with Gasteiger partial charge in [0.05, 0.1) is 38.1 Å². The van der Waals surface area contributed by atoms with Gasteiger partial charge in [-0.2, -0.15) is 0 Å². The molecule has 44 heavy (non-hydrogen) atoms. The molecule has 0 spiro atoms. The average Bonchev–Trinajstić information content (AvgIpc) is 3.02. The van der Waals surface area contributed by atoms with Crippen LogP contribution in [0.15, 0.2) is 51.4 Å². The van der Waals surface area contributed by atoms with Gasteiger partial charge in [-0.25, -0.2) is 13.2 Å². The molecule has 0 saturated carbocycles. The van der Waals surface area contributed by atoms with Crippen LogP contribution in [0.3, 0.4) is 0 Å². The molecular weight excluding hydrogens is 699 g/mol. The second kappa shape index (κ2) is 17.2. The van der Waals surface area contributed by atoms with Gasteiger partial charge in [-0.05, 0) is 86.2 Å². The van der Waals surface area contributed by atoms with Crippen molar-refractivity contribution < 1.29 is 27.4 Å². The van der Waals surface area contributed by atoms with Crippen molar-refractivity contribution in [2.24, 2.45) is 0 Å². The Labute approximate surface area is 276 Å². The molecule has 4 nitrogen and oxygen atoms in total. The summed E-state index contributed by atoms with van der Waals surface area (Å²) in [6, 6.07) is 11.8. The van der Waals surface area contributed by atoms with Crippen molar-refractivity contribution in [3.8, 4) is 0 Å². The van der Waals surface area contributed by atoms with Crippen LogP contribution in [-0.2, 0) is 33.5 Å². The first kappa shape index (κ1) is 35.1. The molecular formula is C35H42Br2F3NO3. The van der Waals surface area contributed by atoms with Crippen molar-refractivity contribution in [1.82, 2.24) is 5.32 Å². The second-order valence-corrected chi connectivity index (χ2v) is 12.8. The molecule has 3 aliphatic rings. The molecule has 3 atom stereocenters. The number of nitrogens with one attached hydrogen (secondary N) is 1. The summed E-state index contributed by atoms with van der Waals surface area (Å²) in [6.07, 6.45) is 6.00. The average molecular weight is 742 g/mol. The van der Waals surface area contributed by atoms with E-state index in [4.69, 9.17) is 14.2 Å². The summed E-state index contributed by atoms with van der Waals surface area (Å²) in [5, 5.41) is 3.02. The lowest BCUT2D eigenvalue weighted by atomic mass is 9.94. The Bertz CT molecular complexity index is 1320. The number of hydrogen-bond donors (Lipinski definition) is 1. The van der Waals surface area contributed by atoms with Gasteiger partial charge in [-0.15, -0.1) is 0 Å². The number of hydrogen-bond acceptors (Lipinski definition) is 4. The smallest absolute Gasteiger partial charge is 0.129 e. The van der Waals surface area contributed by atoms with Gasteiger partial charge in [0, 0.05) is 32.2 Å². The van der Waals surface area contributed by atoms with Gasteiger partial charge in [0.2, 0.25) is 0 Å². The number of likely N-dealkylation sites (N-methyl/N-ethyl adjacent to an activating group) is 1. The highest BCUT2D eigenvalue weighted by molar-refractivity contribution is 9.10. The lowest BCUT2D eigenvalue weighted by Crippen LogP contribution is -2.26. The van der Waals surface area contributed by atoms with Crippen molar-refractivity contribution in [2.45, 2.75) is 77.1 Å². The van der Waals surface area contributed by atoms with E-state index in [1.807, 2.05) is 13.1 Å². The summed E-state index contributed by atoms with van der Waals surface area (Å²) in [5.74, 6) is -0.417. The lowest BCUT2D eigenvalue weighted by molar-refractivity contribution is 0.0330. The van der Waals surface area contributed by atoms with E-state index in [2.05, 4.69) is 51.0 Å². The van der Waals surface area contributed by atoms with Gasteiger partial charge in [-0.3, -0.25) is 0 Å². The number of ether oxygens (including phenoxy) is 3. The molecule has 240 valence electrons. The summed E-state index contributed by atoms with van der Waals surface area (Å²) >= 11 is 6.92. The quantitative estimate of drug-likeness (QED) is 0.273. The molecule has 0 radical (unpaired) electrons. The third-order valence-electron chi connectivity index (χ3n) is 8.13. The van der Waals surface area contributed by atoms with Gasteiger partial charge < -0.3 is 19.5 Å². The minimum absolute atomic E-state index is 0.0232. The summed E-state index contributed by atoms with van der Waals surface area (Å²) in [7, 11) is 1.84. The summed E-state index contributed by atoms with van der Waals surface area (Å²) in [6.45, 7) is 6.90. The first-order chi connectivity index (χ1) is 21.3. The van der Waals surface area contributed by atoms with Gasteiger partial charge in [0.15, 0.2) is 0 Å². The highest BCUT2D eigenvalue weighted by Crippen LogP contribution is 2.37. The Morgan fingerprint density at radius 2 is 1.14 bits per heavy atom. The Kier molecular flexibility index (Phi) is 13.8. The van der Waals surface area contributed by atoms with Gasteiger partial charge >= 0.3 is 0 Å². The number of halogens is 5. The zero-order chi connectivity index (χ0) is 31.6. The maximum atomic E-state index is 13.7. The fourth-order valence-corrected chi connectivity index (χ4v) is 7.17. The van der Waals surface area contributed by atoms with Crippen LogP contribution in [0.2, 0.25) is 0 Å². The predicted molar refractivity (Wildman–Crippen MR) is 176 cm³/mol. The molecule has 3 aromatic carbocycles. The second-order valence-electron chi connectivity index (χ2n) is 11.1. The van der Waals surface area contributed by atoms with Crippen LogP contribution in [0.25, 0.3) is 0 Å². The van der Waals surface area contributed by atoms with E-state index in [-0.39, 0.29) is 35.8 Å². The number of rotatable bonds is 6. The first-order valence-corrected chi connectivity index (χ1v) is 17.1. The zero-order valence-corrected chi connectivity index (χ0v) is 28.8. The standard InChI is InChI=1S/C12H14BrFO.C12H15FO.C11H13BrFNO/c1-2-3-11-12-8(6-7-15-11)9(13)4-5-10(12)14;1-2-4-11-12-9(7-8-14-11)5-3-6-10(12)13;1-14-6-10-11-7(4-5-15-10)8(12)2-3-9(11)13/h4-5,11H,2-3,6-7H2,1H3;3,5-6,11H,2,4,7-8H2,1H3;2-3,10,14H,4-6H2,1H3. The molecule has 0 fully saturated rings. The van der Waals surface area contributed by atoms with E-state index in [1.165, 1.54) is 18.2 Å². The fraction of sp³-hybridized carbons (Fsp3) is 0.486. The van der Waals surface area contributed by atoms with Crippen LogP contribution in [0.5, 0.6) is 0 Å². The van der Waals surface area contributed by atoms with Crippen LogP contribution in [-0.4, -0.2) is 33.4 Å². The van der Waals surface area contributed by atoms with Crippen LogP contribution in [0, 0.1) is 17.5 Å². The molecule has 6 rings (SSSR count). The lowest BCUT2D eigenvalue weighted by Gasteiger charge is -2.27. The van der Waals surface area contributed by atoms with Gasteiger partial charge in [-0.1, -0.05) is 70.7 Å². The van der Waals surface area contributed by atoms with Crippen molar-refractivity contribution in [2.75, 3.05) is 33.4 Å². The van der Waals surface area contributed by atoms with E-state index in [9.17, 15) is 13.2 Å². The number of fused-ring (bicyclic) bond motifs is 3. The molecule has 3 unspecified atom stereocenters. The molecule has 9 heteroatoms. The zero-order valence-electron chi connectivity index (χ0n) is 25.7. The molecule has 3 aliphatic heterocycles. The molecule has 3 aromatic rings. The molecule has 1 N–H and O–H groups in total. The minimum atomic E-state index is -0.173.